The van der Waals surface area contributed by atoms with Gasteiger partial charge in [-0.25, -0.2) is 0 Å². The molecule has 0 unspecified atom stereocenters. The van der Waals surface area contributed by atoms with E-state index < -0.39 is 0 Å². The molecule has 0 amide bonds. The van der Waals surface area contributed by atoms with Gasteiger partial charge < -0.3 is 0 Å². The number of hydrogen-bond donors (Lipinski definition) is 0. The lowest BCUT2D eigenvalue weighted by Crippen LogP contribution is -1.73. The SMILES string of the molecule is Clc1ccccc1-c1csc(Br)c1. The summed E-state index contributed by atoms with van der Waals surface area (Å²) in [5.74, 6) is 0. The Bertz CT molecular complexity index is 422. The van der Waals surface area contributed by atoms with Crippen LogP contribution in [0.2, 0.25) is 5.02 Å². The van der Waals surface area contributed by atoms with Crippen LogP contribution in [0.3, 0.4) is 0 Å². The summed E-state index contributed by atoms with van der Waals surface area (Å²) in [6, 6.07) is 9.94. The highest BCUT2D eigenvalue weighted by Gasteiger charge is 2.03. The van der Waals surface area contributed by atoms with Crippen LogP contribution in [0.4, 0.5) is 0 Å². The average molecular weight is 274 g/mol. The van der Waals surface area contributed by atoms with Crippen LogP contribution in [0.1, 0.15) is 0 Å². The molecule has 0 aliphatic rings. The van der Waals surface area contributed by atoms with Gasteiger partial charge in [-0.1, -0.05) is 29.8 Å². The van der Waals surface area contributed by atoms with Gasteiger partial charge in [0.05, 0.1) is 3.79 Å². The van der Waals surface area contributed by atoms with Gasteiger partial charge >= 0.3 is 0 Å². The van der Waals surface area contributed by atoms with Crippen molar-refractivity contribution in [3.63, 3.8) is 0 Å². The lowest BCUT2D eigenvalue weighted by molar-refractivity contribution is 1.67. The van der Waals surface area contributed by atoms with Crippen molar-refractivity contribution < 1.29 is 0 Å². The van der Waals surface area contributed by atoms with Crippen molar-refractivity contribution >= 4 is 38.9 Å². The first kappa shape index (κ1) is 9.25. The van der Waals surface area contributed by atoms with E-state index in [-0.39, 0.29) is 0 Å². The van der Waals surface area contributed by atoms with Crippen LogP contribution >= 0.6 is 38.9 Å². The van der Waals surface area contributed by atoms with E-state index in [2.05, 4.69) is 27.4 Å². The summed E-state index contributed by atoms with van der Waals surface area (Å²) in [5.41, 5.74) is 2.26. The first-order valence-corrected chi connectivity index (χ1v) is 5.81. The summed E-state index contributed by atoms with van der Waals surface area (Å²) in [7, 11) is 0. The molecule has 0 aliphatic carbocycles. The molecule has 0 nitrogen and oxygen atoms in total. The quantitative estimate of drug-likeness (QED) is 0.698. The minimum Gasteiger partial charge on any atom is -0.136 e. The molecule has 0 saturated carbocycles. The van der Waals surface area contributed by atoms with E-state index in [4.69, 9.17) is 11.6 Å². The summed E-state index contributed by atoms with van der Waals surface area (Å²) >= 11 is 11.2. The predicted molar refractivity (Wildman–Crippen MR) is 62.5 cm³/mol. The molecule has 13 heavy (non-hydrogen) atoms. The number of hydrogen-bond acceptors (Lipinski definition) is 1. The van der Waals surface area contributed by atoms with Gasteiger partial charge in [0.25, 0.3) is 0 Å². The number of rotatable bonds is 1. The molecule has 0 radical (unpaired) electrons. The molecule has 0 aliphatic heterocycles. The van der Waals surface area contributed by atoms with Crippen LogP contribution in [0.15, 0.2) is 39.5 Å². The Morgan fingerprint density at radius 2 is 2.00 bits per heavy atom. The van der Waals surface area contributed by atoms with Gasteiger partial charge in [-0.2, -0.15) is 0 Å². The summed E-state index contributed by atoms with van der Waals surface area (Å²) in [4.78, 5) is 0. The number of benzene rings is 1. The van der Waals surface area contributed by atoms with Crippen LogP contribution in [0.25, 0.3) is 11.1 Å². The predicted octanol–water partition coefficient (Wildman–Crippen LogP) is 4.83. The van der Waals surface area contributed by atoms with Crippen molar-refractivity contribution in [3.05, 3.63) is 44.5 Å². The molecular weight excluding hydrogens is 268 g/mol. The molecule has 0 atom stereocenters. The minimum absolute atomic E-state index is 0.799. The maximum atomic E-state index is 6.06. The van der Waals surface area contributed by atoms with Crippen LogP contribution in [0, 0.1) is 0 Å². The van der Waals surface area contributed by atoms with E-state index in [1.807, 2.05) is 24.3 Å². The van der Waals surface area contributed by atoms with Crippen molar-refractivity contribution in [1.29, 1.82) is 0 Å². The molecule has 1 heterocycles. The van der Waals surface area contributed by atoms with Gasteiger partial charge in [0.2, 0.25) is 0 Å². The van der Waals surface area contributed by atoms with Crippen molar-refractivity contribution in [2.75, 3.05) is 0 Å². The van der Waals surface area contributed by atoms with Crippen LogP contribution in [-0.4, -0.2) is 0 Å². The standard InChI is InChI=1S/C10H6BrClS/c11-10-5-7(6-13-10)8-3-1-2-4-9(8)12/h1-6H. The molecule has 1 aromatic carbocycles. The topological polar surface area (TPSA) is 0 Å². The lowest BCUT2D eigenvalue weighted by atomic mass is 10.1. The fraction of sp³-hybridized carbons (Fsp3) is 0. The fourth-order valence-electron chi connectivity index (χ4n) is 1.15. The van der Waals surface area contributed by atoms with E-state index in [9.17, 15) is 0 Å². The van der Waals surface area contributed by atoms with Crippen molar-refractivity contribution in [2.24, 2.45) is 0 Å². The smallest absolute Gasteiger partial charge is 0.0704 e. The maximum Gasteiger partial charge on any atom is 0.0704 e. The molecule has 3 heteroatoms. The van der Waals surface area contributed by atoms with Crippen LogP contribution in [0.5, 0.6) is 0 Å². The Hall–Kier alpha value is -0.310. The highest BCUT2D eigenvalue weighted by atomic mass is 79.9. The zero-order valence-electron chi connectivity index (χ0n) is 6.63. The van der Waals surface area contributed by atoms with E-state index in [1.165, 1.54) is 5.56 Å². The van der Waals surface area contributed by atoms with Gasteiger partial charge in [-0.3, -0.25) is 0 Å². The van der Waals surface area contributed by atoms with Gasteiger partial charge in [0, 0.05) is 10.6 Å². The summed E-state index contributed by atoms with van der Waals surface area (Å²) < 4.78 is 1.13. The van der Waals surface area contributed by atoms with E-state index in [1.54, 1.807) is 11.3 Å². The summed E-state index contributed by atoms with van der Waals surface area (Å²) in [6.45, 7) is 0. The molecule has 2 rings (SSSR count). The van der Waals surface area contributed by atoms with E-state index in [0.717, 1.165) is 14.4 Å². The lowest BCUT2D eigenvalue weighted by Gasteiger charge is -1.99. The van der Waals surface area contributed by atoms with Crippen molar-refractivity contribution in [3.8, 4) is 11.1 Å². The number of thiophene rings is 1. The van der Waals surface area contributed by atoms with E-state index in [0.29, 0.717) is 0 Å². The Morgan fingerprint density at radius 1 is 1.23 bits per heavy atom. The molecule has 0 saturated heterocycles. The van der Waals surface area contributed by atoms with Gasteiger partial charge in [0.1, 0.15) is 0 Å². The third kappa shape index (κ3) is 1.96. The summed E-state index contributed by atoms with van der Waals surface area (Å²) in [5, 5.41) is 2.89. The van der Waals surface area contributed by atoms with Crippen LogP contribution < -0.4 is 0 Å². The molecule has 0 bridgehead atoms. The molecule has 2 aromatic rings. The Labute approximate surface area is 94.3 Å². The monoisotopic (exact) mass is 272 g/mol. The summed E-state index contributed by atoms with van der Waals surface area (Å²) in [6.07, 6.45) is 0. The molecule has 66 valence electrons. The molecular formula is C10H6BrClS. The first-order chi connectivity index (χ1) is 6.27. The van der Waals surface area contributed by atoms with E-state index >= 15 is 0 Å². The van der Waals surface area contributed by atoms with Gasteiger partial charge in [-0.15, -0.1) is 11.3 Å². The van der Waals surface area contributed by atoms with Gasteiger partial charge in [0.15, 0.2) is 0 Å². The Morgan fingerprint density at radius 3 is 2.62 bits per heavy atom. The van der Waals surface area contributed by atoms with Crippen LogP contribution in [-0.2, 0) is 0 Å². The second-order valence-electron chi connectivity index (χ2n) is 2.62. The maximum absolute atomic E-state index is 6.06. The molecule has 0 N–H and O–H groups in total. The minimum atomic E-state index is 0.799. The highest BCUT2D eigenvalue weighted by molar-refractivity contribution is 9.11. The Kier molecular flexibility index (Phi) is 2.72. The zero-order chi connectivity index (χ0) is 9.26. The zero-order valence-corrected chi connectivity index (χ0v) is 9.79. The normalized spacial score (nSPS) is 10.3. The second kappa shape index (κ2) is 3.82. The third-order valence-corrected chi connectivity index (χ3v) is 3.59. The molecule has 0 fully saturated rings. The third-order valence-electron chi connectivity index (χ3n) is 1.75. The first-order valence-electron chi connectivity index (χ1n) is 3.76. The fourth-order valence-corrected chi connectivity index (χ4v) is 2.55. The molecule has 1 aromatic heterocycles. The van der Waals surface area contributed by atoms with Crippen molar-refractivity contribution in [2.45, 2.75) is 0 Å². The highest BCUT2D eigenvalue weighted by Crippen LogP contribution is 2.32. The Balaban J connectivity index is 2.52. The van der Waals surface area contributed by atoms with Gasteiger partial charge in [-0.05, 0) is 39.0 Å². The largest absolute Gasteiger partial charge is 0.136 e. The second-order valence-corrected chi connectivity index (χ2v) is 5.32. The average Bonchev–Trinajstić information content (AvgIpc) is 2.53. The number of halogens is 2. The molecule has 0 spiro atoms. The van der Waals surface area contributed by atoms with Crippen molar-refractivity contribution in [1.82, 2.24) is 0 Å².